The Bertz CT molecular complexity index is 1160. The minimum atomic E-state index is 0.144. The Hall–Kier alpha value is -1.72. The van der Waals surface area contributed by atoms with Crippen molar-refractivity contribution in [1.29, 1.82) is 0 Å². The van der Waals surface area contributed by atoms with E-state index in [9.17, 15) is 0 Å². The molecule has 5 heteroatoms. The number of hydrogen-bond donors (Lipinski definition) is 0. The SMILES string of the molecule is COc1cc2c(cc1Br)B(c1c(C(C)C)cc(C(C)C)cc1C(C)C)c1cc(Br)c(OC)cc1-2. The molecule has 0 saturated carbocycles. The van der Waals surface area contributed by atoms with E-state index >= 15 is 0 Å². The van der Waals surface area contributed by atoms with Crippen molar-refractivity contribution in [1.82, 2.24) is 0 Å². The molecule has 0 radical (unpaired) electrons. The predicted octanol–water partition coefficient (Wildman–Crippen LogP) is 7.10. The maximum absolute atomic E-state index is 5.69. The van der Waals surface area contributed by atoms with Crippen LogP contribution < -0.4 is 25.9 Å². The number of benzene rings is 3. The van der Waals surface area contributed by atoms with Crippen molar-refractivity contribution in [2.24, 2.45) is 0 Å². The van der Waals surface area contributed by atoms with Gasteiger partial charge in [-0.15, -0.1) is 0 Å². The van der Waals surface area contributed by atoms with Crippen LogP contribution in [0.15, 0.2) is 45.3 Å². The van der Waals surface area contributed by atoms with Crippen molar-refractivity contribution in [3.8, 4) is 22.6 Å². The summed E-state index contributed by atoms with van der Waals surface area (Å²) in [4.78, 5) is 0. The van der Waals surface area contributed by atoms with Crippen molar-refractivity contribution in [2.45, 2.75) is 59.3 Å². The molecule has 1 heterocycles. The molecule has 1 aliphatic rings. The number of rotatable bonds is 6. The van der Waals surface area contributed by atoms with E-state index in [0.717, 1.165) is 20.4 Å². The smallest absolute Gasteiger partial charge is 0.243 e. The maximum Gasteiger partial charge on any atom is 0.243 e. The molecule has 0 fully saturated rings. The molecule has 0 saturated heterocycles. The number of hydrogen-bond acceptors (Lipinski definition) is 2. The van der Waals surface area contributed by atoms with E-state index in [4.69, 9.17) is 9.47 Å². The molecule has 0 unspecified atom stereocenters. The summed E-state index contributed by atoms with van der Waals surface area (Å²) in [7, 11) is 3.45. The van der Waals surface area contributed by atoms with Crippen LogP contribution in [0.5, 0.6) is 11.5 Å². The van der Waals surface area contributed by atoms with Crippen molar-refractivity contribution in [3.63, 3.8) is 0 Å². The highest BCUT2D eigenvalue weighted by molar-refractivity contribution is 9.11. The van der Waals surface area contributed by atoms with E-state index < -0.39 is 0 Å². The summed E-state index contributed by atoms with van der Waals surface area (Å²) in [6.07, 6.45) is 0. The van der Waals surface area contributed by atoms with Gasteiger partial charge in [0.1, 0.15) is 11.5 Å². The summed E-state index contributed by atoms with van der Waals surface area (Å²) in [5, 5.41) is 0. The van der Waals surface area contributed by atoms with Crippen LogP contribution in [0.25, 0.3) is 11.1 Å². The molecule has 3 aromatic carbocycles. The van der Waals surface area contributed by atoms with Crippen LogP contribution >= 0.6 is 31.9 Å². The summed E-state index contributed by atoms with van der Waals surface area (Å²) in [6, 6.07) is 13.7. The van der Waals surface area contributed by atoms with Crippen molar-refractivity contribution < 1.29 is 9.47 Å². The van der Waals surface area contributed by atoms with E-state index in [1.807, 2.05) is 0 Å². The van der Waals surface area contributed by atoms with Gasteiger partial charge in [0.25, 0.3) is 0 Å². The van der Waals surface area contributed by atoms with Gasteiger partial charge < -0.3 is 9.47 Å². The van der Waals surface area contributed by atoms with Gasteiger partial charge in [0.05, 0.1) is 23.2 Å². The molecule has 34 heavy (non-hydrogen) atoms. The van der Waals surface area contributed by atoms with Crippen molar-refractivity contribution in [2.75, 3.05) is 14.2 Å². The van der Waals surface area contributed by atoms with Gasteiger partial charge in [-0.25, -0.2) is 0 Å². The van der Waals surface area contributed by atoms with Gasteiger partial charge in [0.2, 0.25) is 6.71 Å². The predicted molar refractivity (Wildman–Crippen MR) is 154 cm³/mol. The Kier molecular flexibility index (Phi) is 7.27. The number of methoxy groups -OCH3 is 2. The standard InChI is InChI=1S/C29H33BBr2O2/c1-15(2)18-9-19(16(3)4)29(20(10-18)17(5)6)30-23-13-25(31)27(33-7)11-21(23)22-12-28(34-8)26(32)14-24(22)30/h9-17H,1-8H3. The molecule has 0 aromatic heterocycles. The molecule has 2 nitrogen and oxygen atoms in total. The molecular weight excluding hydrogens is 551 g/mol. The fourth-order valence-electron chi connectivity index (χ4n) is 5.22. The molecule has 0 N–H and O–H groups in total. The normalized spacial score (nSPS) is 12.6. The van der Waals surface area contributed by atoms with Gasteiger partial charge >= 0.3 is 0 Å². The molecule has 0 amide bonds. The highest BCUT2D eigenvalue weighted by Crippen LogP contribution is 2.37. The second kappa shape index (κ2) is 9.74. The Morgan fingerprint density at radius 3 is 1.35 bits per heavy atom. The molecule has 1 aliphatic heterocycles. The second-order valence-electron chi connectivity index (χ2n) is 10.2. The lowest BCUT2D eigenvalue weighted by atomic mass is 9.36. The molecule has 178 valence electrons. The van der Waals surface area contributed by atoms with Crippen LogP contribution in [0.3, 0.4) is 0 Å². The molecule has 0 atom stereocenters. The summed E-state index contributed by atoms with van der Waals surface area (Å²) in [5.74, 6) is 3.01. The minimum Gasteiger partial charge on any atom is -0.496 e. The summed E-state index contributed by atoms with van der Waals surface area (Å²) >= 11 is 7.53. The minimum absolute atomic E-state index is 0.144. The zero-order chi connectivity index (χ0) is 24.9. The van der Waals surface area contributed by atoms with E-state index in [1.165, 1.54) is 44.2 Å². The first-order valence-electron chi connectivity index (χ1n) is 12.0. The van der Waals surface area contributed by atoms with Crippen LogP contribution in [0, 0.1) is 0 Å². The highest BCUT2D eigenvalue weighted by Gasteiger charge is 2.38. The third-order valence-corrected chi connectivity index (χ3v) is 8.27. The van der Waals surface area contributed by atoms with Gasteiger partial charge in [0.15, 0.2) is 0 Å². The quantitative estimate of drug-likeness (QED) is 0.226. The second-order valence-corrected chi connectivity index (χ2v) is 11.9. The van der Waals surface area contributed by atoms with E-state index in [1.54, 1.807) is 14.2 Å². The van der Waals surface area contributed by atoms with E-state index in [-0.39, 0.29) is 6.71 Å². The van der Waals surface area contributed by atoms with E-state index in [0.29, 0.717) is 17.8 Å². The number of ether oxygens (including phenoxy) is 2. The molecular formula is C29H33BBr2O2. The molecule has 4 rings (SSSR count). The third kappa shape index (κ3) is 4.24. The van der Waals surface area contributed by atoms with Crippen molar-refractivity contribution >= 4 is 55.0 Å². The summed E-state index contributed by atoms with van der Waals surface area (Å²) in [5.41, 5.74) is 10.8. The number of halogens is 2. The fraction of sp³-hybridized carbons (Fsp3) is 0.379. The summed E-state index contributed by atoms with van der Waals surface area (Å²) < 4.78 is 13.3. The lowest BCUT2D eigenvalue weighted by Crippen LogP contribution is -2.52. The fourth-order valence-corrected chi connectivity index (χ4v) is 6.26. The van der Waals surface area contributed by atoms with Gasteiger partial charge in [-0.2, -0.15) is 0 Å². The third-order valence-electron chi connectivity index (χ3n) is 7.03. The molecule has 0 spiro atoms. The van der Waals surface area contributed by atoms with Crippen LogP contribution in [-0.2, 0) is 0 Å². The van der Waals surface area contributed by atoms with Gasteiger partial charge in [0, 0.05) is 0 Å². The lowest BCUT2D eigenvalue weighted by Gasteiger charge is -2.26. The average Bonchev–Trinajstić information content (AvgIpc) is 3.07. The first kappa shape index (κ1) is 25.4. The Morgan fingerprint density at radius 1 is 0.618 bits per heavy atom. The zero-order valence-electron chi connectivity index (χ0n) is 21.3. The Morgan fingerprint density at radius 2 is 1.03 bits per heavy atom. The van der Waals surface area contributed by atoms with Crippen LogP contribution in [0.4, 0.5) is 0 Å². The Labute approximate surface area is 221 Å². The summed E-state index contributed by atoms with van der Waals surface area (Å²) in [6.45, 7) is 14.0. The maximum atomic E-state index is 5.69. The van der Waals surface area contributed by atoms with Crippen molar-refractivity contribution in [3.05, 3.63) is 62.0 Å². The molecule has 0 aliphatic carbocycles. The monoisotopic (exact) mass is 582 g/mol. The Balaban J connectivity index is 2.13. The van der Waals surface area contributed by atoms with Crippen LogP contribution in [0.1, 0.15) is 76.0 Å². The lowest BCUT2D eigenvalue weighted by molar-refractivity contribution is 0.412. The van der Waals surface area contributed by atoms with Crippen LogP contribution in [-0.4, -0.2) is 20.9 Å². The number of fused-ring (bicyclic) bond motifs is 3. The van der Waals surface area contributed by atoms with E-state index in [2.05, 4.69) is 110 Å². The average molecular weight is 584 g/mol. The van der Waals surface area contributed by atoms with Gasteiger partial charge in [-0.3, -0.25) is 0 Å². The topological polar surface area (TPSA) is 18.5 Å². The van der Waals surface area contributed by atoms with Gasteiger partial charge in [-0.05, 0) is 102 Å². The highest BCUT2D eigenvalue weighted by atomic mass is 79.9. The first-order chi connectivity index (χ1) is 16.1. The zero-order valence-corrected chi connectivity index (χ0v) is 24.5. The van der Waals surface area contributed by atoms with Gasteiger partial charge in [-0.1, -0.05) is 70.1 Å². The first-order valence-corrected chi connectivity index (χ1v) is 13.6. The van der Waals surface area contributed by atoms with Crippen LogP contribution in [0.2, 0.25) is 0 Å². The molecule has 0 bridgehead atoms. The largest absolute Gasteiger partial charge is 0.496 e. The molecule has 3 aromatic rings.